The summed E-state index contributed by atoms with van der Waals surface area (Å²) < 4.78 is 11.2. The highest BCUT2D eigenvalue weighted by Crippen LogP contribution is 2.35. The maximum atomic E-state index is 11.3. The molecule has 1 aromatic rings. The summed E-state index contributed by atoms with van der Waals surface area (Å²) in [6.45, 7) is 10.9. The number of methoxy groups -OCH3 is 1. The smallest absolute Gasteiger partial charge is 0.357 e. The number of carbonyl (C=O) groups excluding carboxylic acids is 1. The summed E-state index contributed by atoms with van der Waals surface area (Å²) in [5.74, 6) is -0.396. The molecule has 0 saturated carbocycles. The van der Waals surface area contributed by atoms with E-state index in [9.17, 15) is 4.79 Å². The Balaban J connectivity index is 2.62. The first-order valence-electron chi connectivity index (χ1n) is 6.00. The highest BCUT2D eigenvalue weighted by atomic mass is 32.2. The molecule has 0 aliphatic heterocycles. The van der Waals surface area contributed by atoms with Crippen LogP contribution in [0.1, 0.15) is 45.1 Å². The van der Waals surface area contributed by atoms with Gasteiger partial charge in [-0.2, -0.15) is 0 Å². The van der Waals surface area contributed by atoms with E-state index in [2.05, 4.69) is 23.6 Å². The highest BCUT2D eigenvalue weighted by Gasteiger charge is 2.25. The lowest BCUT2D eigenvalue weighted by Gasteiger charge is -2.28. The molecular weight excluding hydrogens is 282 g/mol. The van der Waals surface area contributed by atoms with Gasteiger partial charge in [0.25, 0.3) is 0 Å². The number of aromatic nitrogens is 1. The quantitative estimate of drug-likeness (QED) is 0.614. The lowest BCUT2D eigenvalue weighted by Crippen LogP contribution is -2.30. The van der Waals surface area contributed by atoms with Crippen LogP contribution in [0.3, 0.4) is 0 Å². The molecule has 4 nitrogen and oxygen atoms in total. The van der Waals surface area contributed by atoms with E-state index < -0.39 is 5.97 Å². The largest absolute Gasteiger partial charge is 0.464 e. The summed E-state index contributed by atoms with van der Waals surface area (Å²) in [4.78, 5) is 15.6. The Morgan fingerprint density at radius 3 is 2.53 bits per heavy atom. The summed E-state index contributed by atoms with van der Waals surface area (Å²) in [6, 6.07) is 0. The van der Waals surface area contributed by atoms with Crippen molar-refractivity contribution < 1.29 is 14.3 Å². The Labute approximate surface area is 122 Å². The fraction of sp³-hybridized carbons (Fsp3) is 0.692. The maximum absolute atomic E-state index is 11.3. The molecular formula is C13H21NO3S2. The molecule has 19 heavy (non-hydrogen) atoms. The summed E-state index contributed by atoms with van der Waals surface area (Å²) in [7, 11) is 1.36. The molecule has 1 heterocycles. The monoisotopic (exact) mass is 303 g/mol. The molecule has 1 aromatic heterocycles. The van der Waals surface area contributed by atoms with Gasteiger partial charge in [-0.3, -0.25) is 0 Å². The minimum Gasteiger partial charge on any atom is -0.464 e. The number of thiazole rings is 1. The van der Waals surface area contributed by atoms with Crippen LogP contribution in [0, 0.1) is 0 Å². The second-order valence-electron chi connectivity index (χ2n) is 5.75. The van der Waals surface area contributed by atoms with Gasteiger partial charge in [0.2, 0.25) is 0 Å². The van der Waals surface area contributed by atoms with Crippen LogP contribution in [0.25, 0.3) is 0 Å². The third-order valence-corrected chi connectivity index (χ3v) is 4.20. The van der Waals surface area contributed by atoms with Crippen LogP contribution < -0.4 is 0 Å². The molecule has 0 radical (unpaired) electrons. The minimum atomic E-state index is -0.396. The first-order valence-corrected chi connectivity index (χ1v) is 7.69. The number of esters is 1. The van der Waals surface area contributed by atoms with Crippen LogP contribution in [0.5, 0.6) is 0 Å². The number of ether oxygens (including phenoxy) is 2. The average molecular weight is 303 g/mol. The van der Waals surface area contributed by atoms with Crippen molar-refractivity contribution in [3.63, 3.8) is 0 Å². The van der Waals surface area contributed by atoms with Gasteiger partial charge in [0.15, 0.2) is 10.0 Å². The number of rotatable bonds is 5. The molecule has 6 heteroatoms. The molecule has 108 valence electrons. The van der Waals surface area contributed by atoms with Gasteiger partial charge < -0.3 is 9.47 Å². The van der Waals surface area contributed by atoms with Crippen molar-refractivity contribution in [2.75, 3.05) is 13.7 Å². The molecule has 0 aliphatic carbocycles. The van der Waals surface area contributed by atoms with Crippen LogP contribution in [0.15, 0.2) is 9.72 Å². The van der Waals surface area contributed by atoms with Gasteiger partial charge in [0, 0.05) is 10.1 Å². The third-order valence-electron chi connectivity index (χ3n) is 2.09. The van der Waals surface area contributed by atoms with Crippen LogP contribution in [-0.2, 0) is 9.47 Å². The zero-order chi connectivity index (χ0) is 14.7. The van der Waals surface area contributed by atoms with Gasteiger partial charge >= 0.3 is 5.97 Å². The SMILES string of the molecule is COC(=O)c1csc(SC(C)(C)COC(C)(C)C)n1. The van der Waals surface area contributed by atoms with Crippen molar-refractivity contribution in [2.24, 2.45) is 0 Å². The molecule has 0 aromatic carbocycles. The molecule has 0 amide bonds. The lowest BCUT2D eigenvalue weighted by molar-refractivity contribution is -0.0110. The first-order chi connectivity index (χ1) is 8.63. The zero-order valence-corrected chi connectivity index (χ0v) is 13.9. The van der Waals surface area contributed by atoms with Gasteiger partial charge in [0.05, 0.1) is 19.3 Å². The van der Waals surface area contributed by atoms with Crippen molar-refractivity contribution in [1.29, 1.82) is 0 Å². The van der Waals surface area contributed by atoms with Gasteiger partial charge in [-0.1, -0.05) is 11.8 Å². The number of hydrogen-bond donors (Lipinski definition) is 0. The van der Waals surface area contributed by atoms with Crippen LogP contribution >= 0.6 is 23.1 Å². The van der Waals surface area contributed by atoms with E-state index in [1.54, 1.807) is 17.1 Å². The Morgan fingerprint density at radius 2 is 2.00 bits per heavy atom. The van der Waals surface area contributed by atoms with Gasteiger partial charge in [-0.15, -0.1) is 11.3 Å². The molecule has 0 bridgehead atoms. The van der Waals surface area contributed by atoms with Crippen molar-refractivity contribution in [1.82, 2.24) is 4.98 Å². The second-order valence-corrected chi connectivity index (χ2v) is 8.57. The molecule has 0 atom stereocenters. The van der Waals surface area contributed by atoms with Crippen molar-refractivity contribution in [2.45, 2.75) is 49.3 Å². The second kappa shape index (κ2) is 6.24. The molecule has 0 aliphatic rings. The normalized spacial score (nSPS) is 12.5. The summed E-state index contributed by atoms with van der Waals surface area (Å²) in [5.41, 5.74) is 0.209. The van der Waals surface area contributed by atoms with E-state index >= 15 is 0 Å². The topological polar surface area (TPSA) is 48.4 Å². The van der Waals surface area contributed by atoms with E-state index in [1.165, 1.54) is 18.4 Å². The molecule has 0 unspecified atom stereocenters. The summed E-state index contributed by atoms with van der Waals surface area (Å²) in [6.07, 6.45) is 0. The molecule has 1 rings (SSSR count). The highest BCUT2D eigenvalue weighted by molar-refractivity contribution is 8.02. The zero-order valence-electron chi connectivity index (χ0n) is 12.3. The number of nitrogens with zero attached hydrogens (tertiary/aromatic N) is 1. The fourth-order valence-electron chi connectivity index (χ4n) is 1.16. The minimum absolute atomic E-state index is 0.0987. The van der Waals surface area contributed by atoms with Crippen molar-refractivity contribution in [3.05, 3.63) is 11.1 Å². The molecule has 0 spiro atoms. The lowest BCUT2D eigenvalue weighted by atomic mass is 10.1. The van der Waals surface area contributed by atoms with Crippen molar-refractivity contribution in [3.8, 4) is 0 Å². The Morgan fingerprint density at radius 1 is 1.37 bits per heavy atom. The molecule has 0 N–H and O–H groups in total. The van der Waals surface area contributed by atoms with E-state index in [0.29, 0.717) is 12.3 Å². The Hall–Kier alpha value is -0.590. The van der Waals surface area contributed by atoms with Crippen LogP contribution in [-0.4, -0.2) is 35.0 Å². The third kappa shape index (κ3) is 5.93. The van der Waals surface area contributed by atoms with Gasteiger partial charge in [0.1, 0.15) is 0 Å². The van der Waals surface area contributed by atoms with Gasteiger partial charge in [-0.05, 0) is 34.6 Å². The van der Waals surface area contributed by atoms with Crippen LogP contribution in [0.2, 0.25) is 0 Å². The predicted octanol–water partition coefficient (Wildman–Crippen LogP) is 3.62. The maximum Gasteiger partial charge on any atom is 0.357 e. The van der Waals surface area contributed by atoms with E-state index in [4.69, 9.17) is 4.74 Å². The Kier molecular flexibility index (Phi) is 5.41. The average Bonchev–Trinajstić information content (AvgIpc) is 2.72. The molecule has 0 saturated heterocycles. The number of hydrogen-bond acceptors (Lipinski definition) is 6. The number of carbonyl (C=O) groups is 1. The summed E-state index contributed by atoms with van der Waals surface area (Å²) in [5, 5.41) is 1.72. The predicted molar refractivity (Wildman–Crippen MR) is 79.1 cm³/mol. The Bertz CT molecular complexity index is 435. The standard InChI is InChI=1S/C13H21NO3S2/c1-12(2,3)17-8-13(4,5)19-11-14-9(7-18-11)10(15)16-6/h7H,8H2,1-6H3. The van der Waals surface area contributed by atoms with E-state index in [0.717, 1.165) is 4.34 Å². The van der Waals surface area contributed by atoms with Crippen LogP contribution in [0.4, 0.5) is 0 Å². The van der Waals surface area contributed by atoms with E-state index in [1.807, 2.05) is 20.8 Å². The summed E-state index contributed by atoms with van der Waals surface area (Å²) >= 11 is 3.06. The van der Waals surface area contributed by atoms with Gasteiger partial charge in [-0.25, -0.2) is 9.78 Å². The first kappa shape index (κ1) is 16.5. The fourth-order valence-corrected chi connectivity index (χ4v) is 3.42. The number of thioether (sulfide) groups is 1. The molecule has 0 fully saturated rings. The van der Waals surface area contributed by atoms with Crippen molar-refractivity contribution >= 4 is 29.1 Å². The van der Waals surface area contributed by atoms with E-state index in [-0.39, 0.29) is 10.3 Å².